The minimum Gasteiger partial charge on any atom is -0.399 e. The fraction of sp³-hybridized carbons (Fsp3) is 0.222. The predicted molar refractivity (Wildman–Crippen MR) is 83.6 cm³/mol. The summed E-state index contributed by atoms with van der Waals surface area (Å²) in [6, 6.07) is 17.3. The molecular weight excluding hydrogens is 244 g/mol. The third-order valence-electron chi connectivity index (χ3n) is 4.57. The molecule has 3 atom stereocenters. The molecule has 0 saturated heterocycles. The van der Waals surface area contributed by atoms with Crippen molar-refractivity contribution in [3.8, 4) is 0 Å². The van der Waals surface area contributed by atoms with E-state index in [0.717, 1.165) is 12.1 Å². The standard InChI is InChI=1S/C18H18N2/c19-13-10-8-12(9-11-13)18-16-6-3-5-14(16)15-4-1-2-7-17(15)20-18/h1-5,7-11,14,16,18,20H,6,19H2/t14-,16-,18-/m1/s1. The van der Waals surface area contributed by atoms with E-state index in [1.807, 2.05) is 12.1 Å². The fourth-order valence-corrected chi connectivity index (χ4v) is 3.58. The number of rotatable bonds is 1. The molecule has 0 unspecified atom stereocenters. The number of nitrogen functional groups attached to an aromatic ring is 1. The molecule has 2 aromatic carbocycles. The summed E-state index contributed by atoms with van der Waals surface area (Å²) in [5, 5.41) is 3.72. The van der Waals surface area contributed by atoms with Crippen LogP contribution in [0.1, 0.15) is 29.5 Å². The van der Waals surface area contributed by atoms with E-state index in [1.165, 1.54) is 16.8 Å². The van der Waals surface area contributed by atoms with E-state index in [4.69, 9.17) is 5.73 Å². The van der Waals surface area contributed by atoms with Crippen LogP contribution in [0.4, 0.5) is 11.4 Å². The monoisotopic (exact) mass is 262 g/mol. The number of fused-ring (bicyclic) bond motifs is 3. The van der Waals surface area contributed by atoms with E-state index < -0.39 is 0 Å². The van der Waals surface area contributed by atoms with Gasteiger partial charge >= 0.3 is 0 Å². The molecule has 0 saturated carbocycles. The highest BCUT2D eigenvalue weighted by Crippen LogP contribution is 2.49. The third-order valence-corrected chi connectivity index (χ3v) is 4.57. The summed E-state index contributed by atoms with van der Waals surface area (Å²) in [6.45, 7) is 0. The Bertz CT molecular complexity index is 657. The number of benzene rings is 2. The van der Waals surface area contributed by atoms with Gasteiger partial charge in [-0.1, -0.05) is 42.5 Å². The average molecular weight is 262 g/mol. The minimum absolute atomic E-state index is 0.366. The molecule has 0 bridgehead atoms. The second kappa shape index (κ2) is 4.41. The Morgan fingerprint density at radius 2 is 1.80 bits per heavy atom. The summed E-state index contributed by atoms with van der Waals surface area (Å²) in [5.74, 6) is 1.14. The Morgan fingerprint density at radius 1 is 1.00 bits per heavy atom. The number of anilines is 2. The highest BCUT2D eigenvalue weighted by atomic mass is 15.0. The van der Waals surface area contributed by atoms with E-state index in [2.05, 4.69) is 53.9 Å². The molecule has 0 amide bonds. The van der Waals surface area contributed by atoms with Crippen molar-refractivity contribution < 1.29 is 0 Å². The SMILES string of the molecule is Nc1ccc([C@H]2Nc3ccccc3[C@H]3C=CC[C@H]32)cc1. The van der Waals surface area contributed by atoms with Gasteiger partial charge in [-0.15, -0.1) is 0 Å². The zero-order valence-corrected chi connectivity index (χ0v) is 11.3. The second-order valence-electron chi connectivity index (χ2n) is 5.73. The van der Waals surface area contributed by atoms with Crippen LogP contribution >= 0.6 is 0 Å². The van der Waals surface area contributed by atoms with Gasteiger partial charge in [0.25, 0.3) is 0 Å². The molecule has 20 heavy (non-hydrogen) atoms. The first-order chi connectivity index (χ1) is 9.83. The van der Waals surface area contributed by atoms with Crippen LogP contribution in [-0.2, 0) is 0 Å². The summed E-state index contributed by atoms with van der Waals surface area (Å²) in [6.07, 6.45) is 5.83. The van der Waals surface area contributed by atoms with E-state index in [0.29, 0.717) is 17.9 Å². The number of hydrogen-bond donors (Lipinski definition) is 2. The highest BCUT2D eigenvalue weighted by Gasteiger charge is 2.37. The molecule has 0 fully saturated rings. The molecule has 2 aliphatic rings. The van der Waals surface area contributed by atoms with Gasteiger partial charge < -0.3 is 11.1 Å². The smallest absolute Gasteiger partial charge is 0.0553 e. The van der Waals surface area contributed by atoms with Gasteiger partial charge in [-0.2, -0.15) is 0 Å². The minimum atomic E-state index is 0.366. The van der Waals surface area contributed by atoms with Gasteiger partial charge in [0.15, 0.2) is 0 Å². The van der Waals surface area contributed by atoms with Crippen molar-refractivity contribution in [2.45, 2.75) is 18.4 Å². The van der Waals surface area contributed by atoms with Crippen LogP contribution in [0.2, 0.25) is 0 Å². The summed E-state index contributed by atoms with van der Waals surface area (Å²) in [5.41, 5.74) is 10.7. The first-order valence-electron chi connectivity index (χ1n) is 7.20. The molecule has 0 aromatic heterocycles. The van der Waals surface area contributed by atoms with Crippen molar-refractivity contribution in [3.63, 3.8) is 0 Å². The molecule has 0 radical (unpaired) electrons. The molecule has 2 nitrogen and oxygen atoms in total. The summed E-state index contributed by atoms with van der Waals surface area (Å²) < 4.78 is 0. The van der Waals surface area contributed by atoms with Crippen molar-refractivity contribution in [3.05, 3.63) is 71.8 Å². The highest BCUT2D eigenvalue weighted by molar-refractivity contribution is 5.59. The van der Waals surface area contributed by atoms with Crippen molar-refractivity contribution in [1.29, 1.82) is 0 Å². The van der Waals surface area contributed by atoms with E-state index in [-0.39, 0.29) is 0 Å². The maximum atomic E-state index is 5.81. The Balaban J connectivity index is 1.77. The topological polar surface area (TPSA) is 38.0 Å². The lowest BCUT2D eigenvalue weighted by Crippen LogP contribution is -2.28. The molecule has 4 rings (SSSR count). The number of para-hydroxylation sites is 1. The van der Waals surface area contributed by atoms with Crippen LogP contribution in [-0.4, -0.2) is 0 Å². The van der Waals surface area contributed by atoms with Gasteiger partial charge in [0.05, 0.1) is 6.04 Å². The Hall–Kier alpha value is -2.22. The van der Waals surface area contributed by atoms with Gasteiger partial charge in [-0.3, -0.25) is 0 Å². The summed E-state index contributed by atoms with van der Waals surface area (Å²) in [4.78, 5) is 0. The lowest BCUT2D eigenvalue weighted by atomic mass is 9.77. The van der Waals surface area contributed by atoms with Crippen LogP contribution in [0, 0.1) is 5.92 Å². The first-order valence-corrected chi connectivity index (χ1v) is 7.20. The van der Waals surface area contributed by atoms with Crippen molar-refractivity contribution in [1.82, 2.24) is 0 Å². The molecule has 3 N–H and O–H groups in total. The molecule has 100 valence electrons. The number of hydrogen-bond acceptors (Lipinski definition) is 2. The average Bonchev–Trinajstić information content (AvgIpc) is 2.97. The maximum absolute atomic E-state index is 5.81. The Labute approximate surface area is 119 Å². The summed E-state index contributed by atoms with van der Waals surface area (Å²) in [7, 11) is 0. The predicted octanol–water partition coefficient (Wildman–Crippen LogP) is 4.10. The van der Waals surface area contributed by atoms with Crippen LogP contribution in [0.15, 0.2) is 60.7 Å². The Morgan fingerprint density at radius 3 is 2.65 bits per heavy atom. The normalized spacial score (nSPS) is 26.7. The zero-order chi connectivity index (χ0) is 13.5. The van der Waals surface area contributed by atoms with Crippen molar-refractivity contribution >= 4 is 11.4 Å². The van der Waals surface area contributed by atoms with Gasteiger partial charge in [0.2, 0.25) is 0 Å². The summed E-state index contributed by atoms with van der Waals surface area (Å²) >= 11 is 0. The van der Waals surface area contributed by atoms with E-state index >= 15 is 0 Å². The number of allylic oxidation sites excluding steroid dienone is 2. The zero-order valence-electron chi connectivity index (χ0n) is 11.3. The molecule has 1 heterocycles. The largest absolute Gasteiger partial charge is 0.399 e. The van der Waals surface area contributed by atoms with Crippen molar-refractivity contribution in [2.24, 2.45) is 5.92 Å². The molecule has 0 spiro atoms. The number of nitrogens with one attached hydrogen (secondary N) is 1. The molecule has 1 aliphatic carbocycles. The molecule has 2 aromatic rings. The molecular formula is C18H18N2. The molecule has 2 heteroatoms. The quantitative estimate of drug-likeness (QED) is 0.600. The van der Waals surface area contributed by atoms with Crippen LogP contribution in [0.3, 0.4) is 0 Å². The van der Waals surface area contributed by atoms with Crippen LogP contribution in [0.25, 0.3) is 0 Å². The molecule has 1 aliphatic heterocycles. The van der Waals surface area contributed by atoms with Gasteiger partial charge in [0, 0.05) is 17.3 Å². The maximum Gasteiger partial charge on any atom is 0.0553 e. The fourth-order valence-electron chi connectivity index (χ4n) is 3.58. The third kappa shape index (κ3) is 1.72. The van der Waals surface area contributed by atoms with Gasteiger partial charge in [-0.25, -0.2) is 0 Å². The first kappa shape index (κ1) is 11.6. The van der Waals surface area contributed by atoms with Gasteiger partial charge in [0.1, 0.15) is 0 Å². The number of nitrogens with two attached hydrogens (primary N) is 1. The second-order valence-corrected chi connectivity index (χ2v) is 5.73. The van der Waals surface area contributed by atoms with Crippen molar-refractivity contribution in [2.75, 3.05) is 11.1 Å². The Kier molecular flexibility index (Phi) is 2.56. The lowest BCUT2D eigenvalue weighted by Gasteiger charge is -2.37. The van der Waals surface area contributed by atoms with Crippen LogP contribution in [0.5, 0.6) is 0 Å². The van der Waals surface area contributed by atoms with E-state index in [9.17, 15) is 0 Å². The van der Waals surface area contributed by atoms with Crippen LogP contribution < -0.4 is 11.1 Å². The lowest BCUT2D eigenvalue weighted by molar-refractivity contribution is 0.425. The van der Waals surface area contributed by atoms with E-state index in [1.54, 1.807) is 0 Å². The van der Waals surface area contributed by atoms with Gasteiger partial charge in [-0.05, 0) is 41.7 Å².